The fraction of sp³-hybridized carbons (Fsp3) is 0.267. The number of rotatable bonds is 8. The minimum absolute atomic E-state index is 0.305. The lowest BCUT2D eigenvalue weighted by Gasteiger charge is -2.20. The highest BCUT2D eigenvalue weighted by atomic mass is 19.2. The molecule has 1 aliphatic rings. The van der Waals surface area contributed by atoms with Gasteiger partial charge in [0.15, 0.2) is 17.3 Å². The first kappa shape index (κ1) is 28.4. The summed E-state index contributed by atoms with van der Waals surface area (Å²) in [5.74, 6) is -1.49. The number of nitrogens with one attached hydrogen (secondary N) is 2. The maximum Gasteiger partial charge on any atom is 0.320 e. The van der Waals surface area contributed by atoms with Crippen molar-refractivity contribution in [1.29, 1.82) is 0 Å². The molecule has 0 aliphatic carbocycles. The van der Waals surface area contributed by atoms with Gasteiger partial charge in [0.05, 0.1) is 30.2 Å². The zero-order valence-corrected chi connectivity index (χ0v) is 23.8. The molecule has 1 fully saturated rings. The summed E-state index contributed by atoms with van der Waals surface area (Å²) in [7, 11) is 3.40. The van der Waals surface area contributed by atoms with Gasteiger partial charge in [-0.05, 0) is 42.8 Å². The predicted molar refractivity (Wildman–Crippen MR) is 155 cm³/mol. The molecule has 1 aliphatic heterocycles. The van der Waals surface area contributed by atoms with Crippen LogP contribution in [0, 0.1) is 18.6 Å². The van der Waals surface area contributed by atoms with Crippen LogP contribution in [0.3, 0.4) is 0 Å². The van der Waals surface area contributed by atoms with Gasteiger partial charge in [0.25, 0.3) is 0 Å². The first-order valence-corrected chi connectivity index (χ1v) is 13.7. The number of benzene rings is 2. The average Bonchev–Trinajstić information content (AvgIpc) is 3.69. The number of halogens is 2. The monoisotopic (exact) mass is 588 g/mol. The first-order valence-electron chi connectivity index (χ1n) is 13.7. The fourth-order valence-electron chi connectivity index (χ4n) is 5.19. The van der Waals surface area contributed by atoms with E-state index in [2.05, 4.69) is 20.7 Å². The minimum Gasteiger partial charge on any atom is -0.383 e. The van der Waals surface area contributed by atoms with Crippen LogP contribution in [0.1, 0.15) is 17.2 Å². The Kier molecular flexibility index (Phi) is 7.84. The van der Waals surface area contributed by atoms with E-state index in [1.54, 1.807) is 33.9 Å². The summed E-state index contributed by atoms with van der Waals surface area (Å²) < 4.78 is 36.3. The number of methoxy groups -OCH3 is 1. The summed E-state index contributed by atoms with van der Waals surface area (Å²) >= 11 is 0. The number of ether oxygens (including phenoxy) is 1. The van der Waals surface area contributed by atoms with Crippen molar-refractivity contribution >= 4 is 22.9 Å². The van der Waals surface area contributed by atoms with Crippen LogP contribution in [0.2, 0.25) is 0 Å². The molecule has 222 valence electrons. The second kappa shape index (κ2) is 11.9. The Labute approximate surface area is 246 Å². The molecule has 1 saturated heterocycles. The number of para-hydroxylation sites is 1. The molecule has 2 atom stereocenters. The highest BCUT2D eigenvalue weighted by molar-refractivity contribution is 5.91. The lowest BCUT2D eigenvalue weighted by molar-refractivity contribution is -0.154. The Morgan fingerprint density at radius 3 is 2.70 bits per heavy atom. The number of aromatic nitrogens is 5. The summed E-state index contributed by atoms with van der Waals surface area (Å²) in [6.45, 7) is 3.00. The lowest BCUT2D eigenvalue weighted by Crippen LogP contribution is -2.42. The van der Waals surface area contributed by atoms with E-state index in [1.165, 1.54) is 6.07 Å². The number of nitrogens with zero attached hydrogens (tertiary/aromatic N) is 6. The second-order valence-electron chi connectivity index (χ2n) is 10.3. The molecule has 6 rings (SSSR count). The Hall–Kier alpha value is -4.72. The summed E-state index contributed by atoms with van der Waals surface area (Å²) in [4.78, 5) is 24.1. The van der Waals surface area contributed by atoms with E-state index >= 15 is 0 Å². The predicted octanol–water partition coefficient (Wildman–Crippen LogP) is 4.53. The Morgan fingerprint density at radius 2 is 1.93 bits per heavy atom. The van der Waals surface area contributed by atoms with Crippen LogP contribution in [0.5, 0.6) is 0 Å². The fourth-order valence-corrected chi connectivity index (χ4v) is 5.19. The summed E-state index contributed by atoms with van der Waals surface area (Å²) in [5.41, 5.74) is 4.04. The van der Waals surface area contributed by atoms with E-state index in [1.807, 2.05) is 50.4 Å². The van der Waals surface area contributed by atoms with Crippen molar-refractivity contribution in [1.82, 2.24) is 34.9 Å². The molecule has 2 amide bonds. The molecule has 0 saturated carbocycles. The van der Waals surface area contributed by atoms with Gasteiger partial charge in [-0.3, -0.25) is 14.8 Å². The van der Waals surface area contributed by atoms with Crippen molar-refractivity contribution in [2.45, 2.75) is 19.1 Å². The van der Waals surface area contributed by atoms with Crippen molar-refractivity contribution in [2.75, 3.05) is 32.1 Å². The van der Waals surface area contributed by atoms with Crippen LogP contribution in [0.4, 0.5) is 19.4 Å². The largest absolute Gasteiger partial charge is 0.383 e. The number of anilines is 1. The molecule has 0 radical (unpaired) electrons. The molecule has 2 aromatic carbocycles. The number of urea groups is 1. The zero-order chi connectivity index (χ0) is 30.1. The first-order chi connectivity index (χ1) is 20.8. The summed E-state index contributed by atoms with van der Waals surface area (Å²) in [6, 6.07) is 13.9. The van der Waals surface area contributed by atoms with Crippen LogP contribution in [-0.4, -0.2) is 68.5 Å². The zero-order valence-electron chi connectivity index (χ0n) is 23.8. The molecular formula is C30H30F2N8O3. The molecule has 13 heteroatoms. The second-order valence-corrected chi connectivity index (χ2v) is 10.3. The van der Waals surface area contributed by atoms with Gasteiger partial charge in [-0.25, -0.2) is 23.2 Å². The van der Waals surface area contributed by atoms with E-state index in [0.717, 1.165) is 40.0 Å². The summed E-state index contributed by atoms with van der Waals surface area (Å²) in [5, 5.41) is 17.6. The van der Waals surface area contributed by atoms with Crippen molar-refractivity contribution < 1.29 is 23.1 Å². The maximum atomic E-state index is 14.1. The van der Waals surface area contributed by atoms with Crippen LogP contribution < -0.4 is 10.6 Å². The molecule has 5 aromatic rings. The average molecular weight is 589 g/mol. The number of hydroxylamine groups is 2. The number of hydrogen-bond donors (Lipinski definition) is 2. The highest BCUT2D eigenvalue weighted by Gasteiger charge is 2.37. The van der Waals surface area contributed by atoms with Gasteiger partial charge in [0, 0.05) is 50.0 Å². The van der Waals surface area contributed by atoms with Crippen molar-refractivity contribution in [3.8, 4) is 16.9 Å². The number of hydrogen-bond acceptors (Lipinski definition) is 7. The number of fused-ring (bicyclic) bond motifs is 1. The van der Waals surface area contributed by atoms with Gasteiger partial charge in [-0.15, -0.1) is 0 Å². The van der Waals surface area contributed by atoms with Gasteiger partial charge in [-0.1, -0.05) is 24.3 Å². The van der Waals surface area contributed by atoms with Crippen LogP contribution >= 0.6 is 0 Å². The molecule has 4 heterocycles. The van der Waals surface area contributed by atoms with Gasteiger partial charge in [-0.2, -0.15) is 15.3 Å². The molecule has 3 aromatic heterocycles. The standard InChI is InChI=1S/C30H30F2N8O3/c1-18-26(20-13-21-16-34-38(2)29(21)33-15-20)37-40(22-7-5-4-6-8-22)28(18)36-30(41)35-25-17-39(11-12-42-3)43-27(25)19-9-10-23(31)24(32)14-19/h4-10,13-16,25,27H,11-12,17H2,1-3H3,(H2,35,36,41)/t25-,27+/m1/s1. The third kappa shape index (κ3) is 5.69. The van der Waals surface area contributed by atoms with Crippen molar-refractivity contribution in [2.24, 2.45) is 7.05 Å². The van der Waals surface area contributed by atoms with Crippen LogP contribution in [-0.2, 0) is 16.6 Å². The number of amides is 2. The molecule has 11 nitrogen and oxygen atoms in total. The molecule has 0 bridgehead atoms. The molecule has 43 heavy (non-hydrogen) atoms. The number of pyridine rings is 1. The Bertz CT molecular complexity index is 1770. The quantitative estimate of drug-likeness (QED) is 0.274. The number of aryl methyl sites for hydroxylation is 1. The number of carbonyl (C=O) groups is 1. The summed E-state index contributed by atoms with van der Waals surface area (Å²) in [6.07, 6.45) is 2.73. The Balaban J connectivity index is 1.30. The molecular weight excluding hydrogens is 558 g/mol. The van der Waals surface area contributed by atoms with E-state index in [9.17, 15) is 13.6 Å². The van der Waals surface area contributed by atoms with Crippen LogP contribution in [0.25, 0.3) is 28.0 Å². The normalized spacial score (nSPS) is 17.0. The molecule has 0 unspecified atom stereocenters. The van der Waals surface area contributed by atoms with E-state index in [0.29, 0.717) is 36.8 Å². The third-order valence-electron chi connectivity index (χ3n) is 7.36. The third-order valence-corrected chi connectivity index (χ3v) is 7.36. The molecule has 0 spiro atoms. The van der Waals surface area contributed by atoms with Gasteiger partial charge in [0.2, 0.25) is 0 Å². The minimum atomic E-state index is -0.992. The Morgan fingerprint density at radius 1 is 1.12 bits per heavy atom. The van der Waals surface area contributed by atoms with E-state index in [-0.39, 0.29) is 0 Å². The maximum absolute atomic E-state index is 14.1. The van der Waals surface area contributed by atoms with Gasteiger partial charge in [0.1, 0.15) is 11.9 Å². The van der Waals surface area contributed by atoms with E-state index in [4.69, 9.17) is 14.7 Å². The SMILES string of the molecule is COCCN1C[C@@H](NC(=O)Nc2c(C)c(-c3cnc4c(cnn4C)c3)nn2-c2ccccc2)[C@H](c2ccc(F)c(F)c2)O1. The highest BCUT2D eigenvalue weighted by Crippen LogP contribution is 2.33. The van der Waals surface area contributed by atoms with Crippen molar-refractivity contribution in [3.63, 3.8) is 0 Å². The molecule has 2 N–H and O–H groups in total. The van der Waals surface area contributed by atoms with Crippen molar-refractivity contribution in [3.05, 3.63) is 89.8 Å². The lowest BCUT2D eigenvalue weighted by atomic mass is 10.0. The van der Waals surface area contributed by atoms with Gasteiger partial charge >= 0.3 is 6.03 Å². The topological polar surface area (TPSA) is 111 Å². The van der Waals surface area contributed by atoms with E-state index < -0.39 is 29.8 Å². The van der Waals surface area contributed by atoms with Gasteiger partial charge < -0.3 is 10.1 Å². The number of carbonyl (C=O) groups excluding carboxylic acids is 1. The van der Waals surface area contributed by atoms with Crippen LogP contribution in [0.15, 0.2) is 67.0 Å². The smallest absolute Gasteiger partial charge is 0.320 e.